The average molecular weight is 305 g/mol. The molecule has 0 aliphatic rings. The van der Waals surface area contributed by atoms with Crippen molar-refractivity contribution in [3.05, 3.63) is 54.2 Å². The molecule has 2 rings (SSSR count). The van der Waals surface area contributed by atoms with Crippen LogP contribution in [0.4, 0.5) is 5.82 Å². The molecule has 0 radical (unpaired) electrons. The van der Waals surface area contributed by atoms with Crippen LogP contribution in [-0.2, 0) is 15.4 Å². The number of anilines is 1. The molecule has 0 spiro atoms. The highest BCUT2D eigenvalue weighted by atomic mass is 32.2. The number of hydrogen-bond acceptors (Lipinski definition) is 5. The van der Waals surface area contributed by atoms with Crippen LogP contribution in [0.25, 0.3) is 0 Å². The summed E-state index contributed by atoms with van der Waals surface area (Å²) in [6.07, 6.45) is 2.72. The minimum absolute atomic E-state index is 0.167. The first kappa shape index (κ1) is 15.5. The number of nitrogens with one attached hydrogen (secondary N) is 1. The van der Waals surface area contributed by atoms with E-state index in [4.69, 9.17) is 5.73 Å². The first-order chi connectivity index (χ1) is 9.87. The summed E-state index contributed by atoms with van der Waals surface area (Å²) in [6, 6.07) is 12.8. The lowest BCUT2D eigenvalue weighted by atomic mass is 9.92. The van der Waals surface area contributed by atoms with Crippen molar-refractivity contribution in [2.75, 3.05) is 18.1 Å². The van der Waals surface area contributed by atoms with Crippen LogP contribution >= 0.6 is 0 Å². The highest BCUT2D eigenvalue weighted by molar-refractivity contribution is 7.90. The molecule has 3 N–H and O–H groups in total. The monoisotopic (exact) mass is 305 g/mol. The number of nitrogens with two attached hydrogens (primary N) is 1. The molecule has 0 bridgehead atoms. The summed E-state index contributed by atoms with van der Waals surface area (Å²) in [7, 11) is -3.36. The van der Waals surface area contributed by atoms with Crippen molar-refractivity contribution >= 4 is 15.7 Å². The maximum atomic E-state index is 11.9. The van der Waals surface area contributed by atoms with Gasteiger partial charge in [-0.25, -0.2) is 13.4 Å². The number of aromatic nitrogens is 1. The summed E-state index contributed by atoms with van der Waals surface area (Å²) >= 11 is 0. The molecule has 0 amide bonds. The van der Waals surface area contributed by atoms with E-state index >= 15 is 0 Å². The molecule has 0 fully saturated rings. The number of hydrogen-bond donors (Lipinski definition) is 2. The normalized spacial score (nSPS) is 14.4. The smallest absolute Gasteiger partial charge is 0.179 e. The van der Waals surface area contributed by atoms with Gasteiger partial charge in [-0.1, -0.05) is 30.3 Å². The van der Waals surface area contributed by atoms with Crippen LogP contribution in [0, 0.1) is 0 Å². The lowest BCUT2D eigenvalue weighted by Gasteiger charge is -2.31. The molecule has 21 heavy (non-hydrogen) atoms. The van der Waals surface area contributed by atoms with E-state index in [0.717, 1.165) is 11.8 Å². The summed E-state index contributed by atoms with van der Waals surface area (Å²) in [5.41, 5.74) is 6.27. The predicted molar refractivity (Wildman–Crippen MR) is 83.8 cm³/mol. The average Bonchev–Trinajstić information content (AvgIpc) is 2.47. The Balaban J connectivity index is 2.45. The minimum Gasteiger partial charge on any atom is -0.358 e. The van der Waals surface area contributed by atoms with Gasteiger partial charge in [-0.3, -0.25) is 0 Å². The molecule has 5 nitrogen and oxygen atoms in total. The van der Waals surface area contributed by atoms with E-state index in [0.29, 0.717) is 12.4 Å². The molecular formula is C15H19N3O2S. The van der Waals surface area contributed by atoms with Gasteiger partial charge in [0.25, 0.3) is 0 Å². The molecule has 1 aromatic heterocycles. The van der Waals surface area contributed by atoms with Gasteiger partial charge in [-0.2, -0.15) is 0 Å². The Bertz CT molecular complexity index is 717. The summed E-state index contributed by atoms with van der Waals surface area (Å²) in [4.78, 5) is 4.33. The van der Waals surface area contributed by atoms with Crippen LogP contribution in [0.15, 0.2) is 53.6 Å². The molecule has 1 aromatic carbocycles. The van der Waals surface area contributed by atoms with Gasteiger partial charge in [-0.15, -0.1) is 0 Å². The van der Waals surface area contributed by atoms with Crippen LogP contribution in [0.1, 0.15) is 12.5 Å². The molecule has 0 aliphatic heterocycles. The van der Waals surface area contributed by atoms with Crippen molar-refractivity contribution < 1.29 is 8.42 Å². The Kier molecular flexibility index (Phi) is 4.29. The molecule has 0 saturated heterocycles. The highest BCUT2D eigenvalue weighted by Gasteiger charge is 2.27. The number of benzene rings is 1. The third-order valence-electron chi connectivity index (χ3n) is 3.38. The van der Waals surface area contributed by atoms with Gasteiger partial charge in [0.1, 0.15) is 10.7 Å². The van der Waals surface area contributed by atoms with Crippen LogP contribution in [0.2, 0.25) is 0 Å². The Labute approximate surface area is 125 Å². The first-order valence-electron chi connectivity index (χ1n) is 6.56. The fraction of sp³-hybridized carbons (Fsp3) is 0.267. The fourth-order valence-corrected chi connectivity index (χ4v) is 2.87. The second-order valence-electron chi connectivity index (χ2n) is 5.15. The maximum absolute atomic E-state index is 11.9. The van der Waals surface area contributed by atoms with E-state index in [-0.39, 0.29) is 4.90 Å². The Morgan fingerprint density at radius 1 is 1.19 bits per heavy atom. The standard InChI is InChI=1S/C15H19N3O2S/c1-15(11-16,12-7-4-3-5-8-12)18-14-13(21(2,19)20)9-6-10-17-14/h3-10H,11,16H2,1-2H3,(H,17,18). The molecule has 6 heteroatoms. The van der Waals surface area contributed by atoms with Gasteiger partial charge < -0.3 is 11.1 Å². The lowest BCUT2D eigenvalue weighted by Crippen LogP contribution is -2.40. The predicted octanol–water partition coefficient (Wildman–Crippen LogP) is 1.77. The van der Waals surface area contributed by atoms with E-state index in [1.807, 2.05) is 37.3 Å². The molecule has 0 saturated carbocycles. The summed E-state index contributed by atoms with van der Waals surface area (Å²) in [5.74, 6) is 0.316. The quantitative estimate of drug-likeness (QED) is 0.879. The van der Waals surface area contributed by atoms with Gasteiger partial charge >= 0.3 is 0 Å². The summed E-state index contributed by atoms with van der Waals surface area (Å²) in [6.45, 7) is 2.22. The van der Waals surface area contributed by atoms with Crippen molar-refractivity contribution in [2.24, 2.45) is 5.73 Å². The van der Waals surface area contributed by atoms with Gasteiger partial charge in [0.15, 0.2) is 9.84 Å². The van der Waals surface area contributed by atoms with Crippen LogP contribution in [0.5, 0.6) is 0 Å². The zero-order valence-corrected chi connectivity index (χ0v) is 12.9. The molecule has 112 valence electrons. The second kappa shape index (κ2) is 5.83. The summed E-state index contributed by atoms with van der Waals surface area (Å²) < 4.78 is 23.7. The number of sulfone groups is 1. The number of rotatable bonds is 5. The SMILES string of the molecule is CC(CN)(Nc1ncccc1S(C)(=O)=O)c1ccccc1. The van der Waals surface area contributed by atoms with Gasteiger partial charge in [-0.05, 0) is 24.6 Å². The Morgan fingerprint density at radius 2 is 1.86 bits per heavy atom. The molecule has 1 unspecified atom stereocenters. The highest BCUT2D eigenvalue weighted by Crippen LogP contribution is 2.27. The van der Waals surface area contributed by atoms with Crippen LogP contribution in [-0.4, -0.2) is 26.2 Å². The van der Waals surface area contributed by atoms with Gasteiger partial charge in [0.05, 0.1) is 5.54 Å². The zero-order chi connectivity index (χ0) is 15.5. The largest absolute Gasteiger partial charge is 0.358 e. The molecule has 2 aromatic rings. The summed E-state index contributed by atoms with van der Waals surface area (Å²) in [5, 5.41) is 3.18. The number of nitrogens with zero attached hydrogens (tertiary/aromatic N) is 1. The van der Waals surface area contributed by atoms with Crippen LogP contribution in [0.3, 0.4) is 0 Å². The molecule has 1 heterocycles. The fourth-order valence-electron chi connectivity index (χ4n) is 2.09. The molecule has 1 atom stereocenters. The van der Waals surface area contributed by atoms with Crippen molar-refractivity contribution in [3.8, 4) is 0 Å². The van der Waals surface area contributed by atoms with E-state index in [9.17, 15) is 8.42 Å². The second-order valence-corrected chi connectivity index (χ2v) is 7.13. The lowest BCUT2D eigenvalue weighted by molar-refractivity contribution is 0.550. The van der Waals surface area contributed by atoms with E-state index < -0.39 is 15.4 Å². The van der Waals surface area contributed by atoms with Crippen LogP contribution < -0.4 is 11.1 Å². The Hall–Kier alpha value is -1.92. The van der Waals surface area contributed by atoms with Gasteiger partial charge in [0, 0.05) is 19.0 Å². The first-order valence-corrected chi connectivity index (χ1v) is 8.45. The van der Waals surface area contributed by atoms with E-state index in [2.05, 4.69) is 10.3 Å². The zero-order valence-electron chi connectivity index (χ0n) is 12.1. The molecule has 0 aliphatic carbocycles. The van der Waals surface area contributed by atoms with Gasteiger partial charge in [0.2, 0.25) is 0 Å². The van der Waals surface area contributed by atoms with Crippen molar-refractivity contribution in [3.63, 3.8) is 0 Å². The van der Waals surface area contributed by atoms with Crippen molar-refractivity contribution in [1.82, 2.24) is 4.98 Å². The third kappa shape index (κ3) is 3.40. The third-order valence-corrected chi connectivity index (χ3v) is 4.51. The topological polar surface area (TPSA) is 85.1 Å². The van der Waals surface area contributed by atoms with Crippen molar-refractivity contribution in [1.29, 1.82) is 0 Å². The van der Waals surface area contributed by atoms with E-state index in [1.165, 1.54) is 6.07 Å². The maximum Gasteiger partial charge on any atom is 0.179 e. The Morgan fingerprint density at radius 3 is 2.43 bits per heavy atom. The van der Waals surface area contributed by atoms with Crippen molar-refractivity contribution in [2.45, 2.75) is 17.4 Å². The number of pyridine rings is 1. The minimum atomic E-state index is -3.36. The molecular weight excluding hydrogens is 286 g/mol. The van der Waals surface area contributed by atoms with E-state index in [1.54, 1.807) is 12.3 Å².